The Hall–Kier alpha value is -1.29. The van der Waals surface area contributed by atoms with Crippen LogP contribution in [0.2, 0.25) is 0 Å². The number of ether oxygens (including phenoxy) is 1. The average Bonchev–Trinajstić information content (AvgIpc) is 2.27. The van der Waals surface area contributed by atoms with E-state index in [9.17, 15) is 9.59 Å². The minimum Gasteiger partial charge on any atom is -0.465 e. The molecule has 1 heterocycles. The summed E-state index contributed by atoms with van der Waals surface area (Å²) >= 11 is 1.52. The number of hydrogen-bond acceptors (Lipinski definition) is 4. The maximum atomic E-state index is 11.3. The second kappa shape index (κ2) is 4.06. The fourth-order valence-electron chi connectivity index (χ4n) is 1.52. The van der Waals surface area contributed by atoms with Gasteiger partial charge in [0.1, 0.15) is 5.78 Å². The molecule has 1 aromatic rings. The molecule has 0 fully saturated rings. The van der Waals surface area contributed by atoms with Crippen LogP contribution in [-0.4, -0.2) is 24.6 Å². The van der Waals surface area contributed by atoms with Crippen LogP contribution >= 0.6 is 11.8 Å². The second-order valence-corrected chi connectivity index (χ2v) is 4.34. The van der Waals surface area contributed by atoms with Gasteiger partial charge in [0.05, 0.1) is 18.4 Å². The number of fused-ring (bicyclic) bond motifs is 1. The predicted molar refractivity (Wildman–Crippen MR) is 57.2 cm³/mol. The minimum atomic E-state index is -0.360. The lowest BCUT2D eigenvalue weighted by molar-refractivity contribution is -0.116. The van der Waals surface area contributed by atoms with E-state index in [1.807, 2.05) is 6.07 Å². The van der Waals surface area contributed by atoms with Crippen molar-refractivity contribution in [2.45, 2.75) is 11.3 Å². The zero-order chi connectivity index (χ0) is 10.8. The second-order valence-electron chi connectivity index (χ2n) is 3.32. The Balaban J connectivity index is 2.36. The first-order valence-corrected chi connectivity index (χ1v) is 5.55. The summed E-state index contributed by atoms with van der Waals surface area (Å²) in [6.45, 7) is 0. The Morgan fingerprint density at radius 2 is 2.27 bits per heavy atom. The van der Waals surface area contributed by atoms with Crippen molar-refractivity contribution >= 4 is 23.5 Å². The van der Waals surface area contributed by atoms with Crippen LogP contribution in [0.15, 0.2) is 23.1 Å². The molecule has 2 rings (SSSR count). The van der Waals surface area contributed by atoms with Crippen molar-refractivity contribution in [2.24, 2.45) is 0 Å². The van der Waals surface area contributed by atoms with Crippen LogP contribution in [0, 0.1) is 0 Å². The topological polar surface area (TPSA) is 43.4 Å². The molecular weight excluding hydrogens is 212 g/mol. The molecule has 1 aromatic carbocycles. The monoisotopic (exact) mass is 222 g/mol. The first-order valence-electron chi connectivity index (χ1n) is 4.56. The van der Waals surface area contributed by atoms with Gasteiger partial charge < -0.3 is 4.74 Å². The van der Waals surface area contributed by atoms with E-state index in [0.29, 0.717) is 17.7 Å². The predicted octanol–water partition coefficient (Wildman–Crippen LogP) is 1.69. The van der Waals surface area contributed by atoms with Crippen molar-refractivity contribution in [2.75, 3.05) is 12.9 Å². The van der Waals surface area contributed by atoms with Crippen LogP contribution in [0.4, 0.5) is 0 Å². The summed E-state index contributed by atoms with van der Waals surface area (Å²) in [7, 11) is 1.35. The Morgan fingerprint density at radius 1 is 1.47 bits per heavy atom. The number of benzene rings is 1. The van der Waals surface area contributed by atoms with Gasteiger partial charge in [0.25, 0.3) is 0 Å². The molecule has 0 atom stereocenters. The van der Waals surface area contributed by atoms with Crippen molar-refractivity contribution in [1.82, 2.24) is 0 Å². The van der Waals surface area contributed by atoms with Gasteiger partial charge in [-0.25, -0.2) is 4.79 Å². The molecule has 0 amide bonds. The van der Waals surface area contributed by atoms with Crippen LogP contribution in [0.25, 0.3) is 0 Å². The lowest BCUT2D eigenvalue weighted by Crippen LogP contribution is -2.13. The number of ketones is 1. The van der Waals surface area contributed by atoms with Crippen molar-refractivity contribution < 1.29 is 14.3 Å². The molecule has 78 valence electrons. The highest BCUT2D eigenvalue weighted by Crippen LogP contribution is 2.29. The Morgan fingerprint density at radius 3 is 3.00 bits per heavy atom. The number of carbonyl (C=O) groups is 2. The van der Waals surface area contributed by atoms with E-state index < -0.39 is 0 Å². The summed E-state index contributed by atoms with van der Waals surface area (Å²) in [6.07, 6.45) is 0.424. The maximum absolute atomic E-state index is 11.3. The number of hydrogen-bond donors (Lipinski definition) is 0. The summed E-state index contributed by atoms with van der Waals surface area (Å²) in [5.74, 6) is 0.375. The van der Waals surface area contributed by atoms with Gasteiger partial charge in [0, 0.05) is 11.3 Å². The Labute approximate surface area is 91.8 Å². The molecule has 15 heavy (non-hydrogen) atoms. The van der Waals surface area contributed by atoms with E-state index in [2.05, 4.69) is 4.74 Å². The minimum absolute atomic E-state index is 0.203. The van der Waals surface area contributed by atoms with E-state index in [-0.39, 0.29) is 11.8 Å². The molecule has 3 nitrogen and oxygen atoms in total. The van der Waals surface area contributed by atoms with E-state index in [0.717, 1.165) is 10.5 Å². The smallest absolute Gasteiger partial charge is 0.337 e. The molecule has 0 aliphatic carbocycles. The van der Waals surface area contributed by atoms with Gasteiger partial charge in [-0.1, -0.05) is 0 Å². The summed E-state index contributed by atoms with van der Waals surface area (Å²) in [5, 5.41) is 0. The SMILES string of the molecule is COC(=O)c1ccc2c(c1)CC(=O)CS2. The summed E-state index contributed by atoms with van der Waals surface area (Å²) in [6, 6.07) is 5.34. The highest BCUT2D eigenvalue weighted by molar-refractivity contribution is 8.00. The zero-order valence-electron chi connectivity index (χ0n) is 8.28. The molecule has 0 unspecified atom stereocenters. The number of esters is 1. The Bertz CT molecular complexity index is 426. The first-order chi connectivity index (χ1) is 7.20. The molecule has 1 aliphatic heterocycles. The molecule has 0 saturated carbocycles. The molecule has 0 N–H and O–H groups in total. The number of methoxy groups -OCH3 is 1. The van der Waals surface area contributed by atoms with E-state index in [1.165, 1.54) is 18.9 Å². The van der Waals surface area contributed by atoms with E-state index in [4.69, 9.17) is 0 Å². The normalized spacial score (nSPS) is 14.6. The summed E-state index contributed by atoms with van der Waals surface area (Å²) in [4.78, 5) is 23.6. The molecule has 0 spiro atoms. The van der Waals surface area contributed by atoms with Gasteiger partial charge in [-0.2, -0.15) is 0 Å². The highest BCUT2D eigenvalue weighted by atomic mass is 32.2. The highest BCUT2D eigenvalue weighted by Gasteiger charge is 2.17. The Kier molecular flexibility index (Phi) is 2.77. The van der Waals surface area contributed by atoms with Crippen LogP contribution < -0.4 is 0 Å². The fraction of sp³-hybridized carbons (Fsp3) is 0.273. The number of thioether (sulfide) groups is 1. The van der Waals surface area contributed by atoms with Crippen LogP contribution in [0.3, 0.4) is 0 Å². The quantitative estimate of drug-likeness (QED) is 0.678. The van der Waals surface area contributed by atoms with Gasteiger partial charge in [0.2, 0.25) is 0 Å². The van der Waals surface area contributed by atoms with E-state index in [1.54, 1.807) is 12.1 Å². The van der Waals surface area contributed by atoms with Gasteiger partial charge in [-0.05, 0) is 23.8 Å². The van der Waals surface area contributed by atoms with Gasteiger partial charge >= 0.3 is 5.97 Å². The maximum Gasteiger partial charge on any atom is 0.337 e. The standard InChI is InChI=1S/C11H10O3S/c1-14-11(13)7-2-3-10-8(4-7)5-9(12)6-15-10/h2-4H,5-6H2,1H3. The molecular formula is C11H10O3S. The first kappa shape index (κ1) is 10.2. The number of carbonyl (C=O) groups excluding carboxylic acids is 2. The fourth-order valence-corrected chi connectivity index (χ4v) is 2.42. The van der Waals surface area contributed by atoms with Crippen molar-refractivity contribution in [3.8, 4) is 0 Å². The molecule has 0 radical (unpaired) electrons. The largest absolute Gasteiger partial charge is 0.465 e. The van der Waals surface area contributed by atoms with Gasteiger partial charge in [0.15, 0.2) is 0 Å². The van der Waals surface area contributed by atoms with Gasteiger partial charge in [-0.3, -0.25) is 4.79 Å². The van der Waals surface area contributed by atoms with Crippen LogP contribution in [-0.2, 0) is 16.0 Å². The number of Topliss-reactive ketones (excluding diaryl/α,β-unsaturated/α-hetero) is 1. The lowest BCUT2D eigenvalue weighted by atomic mass is 10.1. The summed E-state index contributed by atoms with van der Waals surface area (Å²) in [5.41, 5.74) is 1.44. The van der Waals surface area contributed by atoms with Crippen molar-refractivity contribution in [3.05, 3.63) is 29.3 Å². The van der Waals surface area contributed by atoms with Gasteiger partial charge in [-0.15, -0.1) is 11.8 Å². The van der Waals surface area contributed by atoms with Crippen LogP contribution in [0.1, 0.15) is 15.9 Å². The lowest BCUT2D eigenvalue weighted by Gasteiger charge is -2.14. The van der Waals surface area contributed by atoms with Crippen molar-refractivity contribution in [1.29, 1.82) is 0 Å². The van der Waals surface area contributed by atoms with Crippen molar-refractivity contribution in [3.63, 3.8) is 0 Å². The molecule has 1 aliphatic rings. The zero-order valence-corrected chi connectivity index (χ0v) is 9.10. The molecule has 0 aromatic heterocycles. The third kappa shape index (κ3) is 2.04. The number of rotatable bonds is 1. The third-order valence-electron chi connectivity index (χ3n) is 2.26. The molecule has 0 saturated heterocycles. The van der Waals surface area contributed by atoms with E-state index >= 15 is 0 Å². The van der Waals surface area contributed by atoms with Crippen LogP contribution in [0.5, 0.6) is 0 Å². The molecule has 4 heteroatoms. The summed E-state index contributed by atoms with van der Waals surface area (Å²) < 4.78 is 4.62. The average molecular weight is 222 g/mol. The third-order valence-corrected chi connectivity index (χ3v) is 3.43. The molecule has 0 bridgehead atoms.